The number of hydrogen-bond donors (Lipinski definition) is 1. The van der Waals surface area contributed by atoms with Crippen molar-refractivity contribution in [1.82, 2.24) is 19.4 Å². The number of rotatable bonds is 1. The van der Waals surface area contributed by atoms with E-state index in [2.05, 4.69) is 20.2 Å². The van der Waals surface area contributed by atoms with Gasteiger partial charge in [0.1, 0.15) is 29.2 Å². The van der Waals surface area contributed by atoms with Gasteiger partial charge in [0.15, 0.2) is 0 Å². The molecule has 0 spiro atoms. The maximum absolute atomic E-state index is 15.9. The Morgan fingerprint density at radius 1 is 0.953 bits per heavy atom. The Kier molecular flexibility index (Phi) is 8.95. The zero-order valence-corrected chi connectivity index (χ0v) is 27.8. The van der Waals surface area contributed by atoms with Gasteiger partial charge in [0.2, 0.25) is 0 Å². The first-order chi connectivity index (χ1) is 20.3. The Labute approximate surface area is 245 Å². The van der Waals surface area contributed by atoms with E-state index in [0.717, 1.165) is 70.3 Å². The van der Waals surface area contributed by atoms with Gasteiger partial charge in [-0.05, 0) is 52.2 Å². The van der Waals surface area contributed by atoms with E-state index < -0.39 is 29.3 Å². The molecule has 1 N–H and O–H groups in total. The number of nitrogens with zero attached hydrogens (tertiary/aromatic N) is 4. The summed E-state index contributed by atoms with van der Waals surface area (Å²) < 4.78 is 49.3. The van der Waals surface area contributed by atoms with Gasteiger partial charge >= 0.3 is 0 Å². The first kappa shape index (κ1) is 30.4. The smallest absolute Gasteiger partial charge is 0.278 e. The molecule has 1 aromatic carbocycles. The summed E-state index contributed by atoms with van der Waals surface area (Å²) in [7, 11) is 0. The Bertz CT molecular complexity index is 1470. The summed E-state index contributed by atoms with van der Waals surface area (Å²) in [4.78, 5) is 25.0. The minimum Gasteiger partial charge on any atom is -0.364 e. The first-order valence-corrected chi connectivity index (χ1v) is 15.7. The molecule has 0 amide bonds. The van der Waals surface area contributed by atoms with Gasteiger partial charge in [-0.1, -0.05) is 63.1 Å². The zero-order valence-electron chi connectivity index (χ0n) is 24.8. The van der Waals surface area contributed by atoms with Crippen LogP contribution in [0, 0.1) is 17.7 Å². The molecule has 1 atom stereocenters. The largest absolute Gasteiger partial charge is 0.364 e. The summed E-state index contributed by atoms with van der Waals surface area (Å²) in [6.07, 6.45) is 11.1. The third kappa shape index (κ3) is 5.92. The van der Waals surface area contributed by atoms with Crippen LogP contribution in [0.2, 0.25) is 0 Å². The molecule has 1 saturated carbocycles. The zero-order chi connectivity index (χ0) is 29.3. The van der Waals surface area contributed by atoms with Crippen LogP contribution in [0.1, 0.15) is 100 Å². The van der Waals surface area contributed by atoms with Crippen LogP contribution in [-0.4, -0.2) is 39.1 Å². The van der Waals surface area contributed by atoms with Crippen molar-refractivity contribution in [3.63, 3.8) is 0 Å². The SMILES string of the molecule is C[C@H]1Nc2ncnc3c2cc([C-]2CCCC2)c(=O)n3CCCCCCCN2CCC(CC2)C(F)(F)c2cccc1c2F.[Cm]. The molecule has 1 saturated heterocycles. The monoisotopic (exact) mass is 823 g/mol. The van der Waals surface area contributed by atoms with Crippen LogP contribution in [-0.2, 0) is 12.5 Å². The summed E-state index contributed by atoms with van der Waals surface area (Å²) in [6, 6.07) is 5.56. The molecule has 6 nitrogen and oxygen atoms in total. The average molecular weight is 828 g/mol. The Morgan fingerprint density at radius 3 is 2.40 bits per heavy atom. The molecule has 3 aliphatic heterocycles. The fourth-order valence-electron chi connectivity index (χ4n) is 7.13. The fraction of sp³-hybridized carbons (Fsp3) is 0.576. The van der Waals surface area contributed by atoms with Crippen molar-refractivity contribution < 1.29 is 13.2 Å². The van der Waals surface area contributed by atoms with Crippen LogP contribution in [0.15, 0.2) is 35.4 Å². The molecule has 1 aliphatic carbocycles. The maximum Gasteiger partial charge on any atom is 0.278 e. The average Bonchev–Trinajstić information content (AvgIpc) is 3.52. The Morgan fingerprint density at radius 2 is 1.65 bits per heavy atom. The number of pyridine rings is 1. The number of anilines is 1. The first-order valence-electron chi connectivity index (χ1n) is 15.7. The molecule has 234 valence electrons. The molecule has 2 aromatic heterocycles. The quantitative estimate of drug-likeness (QED) is 0.260. The van der Waals surface area contributed by atoms with Crippen LogP contribution in [0.5, 0.6) is 0 Å². The number of nitrogens with one attached hydrogen (secondary N) is 1. The van der Waals surface area contributed by atoms with E-state index in [1.54, 1.807) is 17.6 Å². The van der Waals surface area contributed by atoms with Crippen molar-refractivity contribution in [1.29, 1.82) is 0 Å². The van der Waals surface area contributed by atoms with Gasteiger partial charge in [-0.3, -0.25) is 0 Å². The summed E-state index contributed by atoms with van der Waals surface area (Å²) in [5.41, 5.74) is 0.879. The van der Waals surface area contributed by atoms with Crippen molar-refractivity contribution in [2.45, 2.75) is 96.1 Å². The Hall–Kier alpha value is -4.07. The molecular weight excluding hydrogens is 786 g/mol. The van der Waals surface area contributed by atoms with Crippen LogP contribution in [0.25, 0.3) is 11.0 Å². The van der Waals surface area contributed by atoms with Crippen LogP contribution in [0.3, 0.4) is 0 Å². The normalized spacial score (nSPS) is 24.7. The van der Waals surface area contributed by atoms with Crippen LogP contribution >= 0.6 is 0 Å². The van der Waals surface area contributed by atoms with Crippen molar-refractivity contribution in [2.75, 3.05) is 25.0 Å². The molecule has 0 unspecified atom stereocenters. The second kappa shape index (κ2) is 12.7. The number of aromatic nitrogens is 3. The fourth-order valence-corrected chi connectivity index (χ4v) is 7.13. The number of piperidine rings is 1. The van der Waals surface area contributed by atoms with Crippen molar-refractivity contribution >= 4 is 16.9 Å². The Balaban J connectivity index is 0.00000368. The summed E-state index contributed by atoms with van der Waals surface area (Å²) in [5, 5.41) is 3.98. The number of fused-ring (bicyclic) bond motifs is 9. The molecule has 5 heterocycles. The van der Waals surface area contributed by atoms with Gasteiger partial charge in [-0.25, -0.2) is 23.1 Å². The van der Waals surface area contributed by atoms with Crippen LogP contribution in [0.4, 0.5) is 19.0 Å². The molecular formula is C33H41CmF3N5O-. The predicted octanol–water partition coefficient (Wildman–Crippen LogP) is 7.37. The maximum atomic E-state index is 15.9. The number of aryl methyl sites for hydroxylation is 1. The molecule has 43 heavy (non-hydrogen) atoms. The third-order valence-corrected chi connectivity index (χ3v) is 9.63. The number of alkyl halides is 2. The van der Waals surface area contributed by atoms with Gasteiger partial charge in [0, 0.05) is 23.4 Å². The van der Waals surface area contributed by atoms with Gasteiger partial charge in [-0.15, -0.1) is 11.6 Å². The summed E-state index contributed by atoms with van der Waals surface area (Å²) >= 11 is 0. The second-order valence-electron chi connectivity index (χ2n) is 12.4. The standard InChI is InChI=1S/C33H41F3N5O.Cm/c1-22-25-12-9-13-28(29(25)34)33(35,36)24-14-18-40(19-15-24)16-7-3-2-4-8-17-41-31-27(30(39-22)37-21-38-31)20-26(32(41)42)23-10-5-6-11-23;/h9,12-13,20-22,24H,2-8,10-11,14-19H2,1H3,(H,37,38,39);/q-1;/t22-;/m1./s1. The molecule has 3 aromatic rings. The topological polar surface area (TPSA) is 63.1 Å². The predicted molar refractivity (Wildman–Crippen MR) is 159 cm³/mol. The number of benzene rings is 1. The van der Waals surface area contributed by atoms with Crippen molar-refractivity contribution in [3.05, 3.63) is 69.4 Å². The molecule has 2 fully saturated rings. The molecule has 8 bridgehead atoms. The van der Waals surface area contributed by atoms with Gasteiger partial charge < -0.3 is 19.6 Å². The van der Waals surface area contributed by atoms with Gasteiger partial charge in [0.25, 0.3) is 5.92 Å². The molecule has 0 radical (unpaired) electrons. The van der Waals surface area contributed by atoms with Crippen molar-refractivity contribution in [3.8, 4) is 0 Å². The van der Waals surface area contributed by atoms with E-state index in [1.807, 2.05) is 6.07 Å². The molecule has 10 heteroatoms. The second-order valence-corrected chi connectivity index (χ2v) is 12.4. The van der Waals surface area contributed by atoms with E-state index >= 15 is 13.2 Å². The van der Waals surface area contributed by atoms with Gasteiger partial charge in [-0.2, -0.15) is 5.92 Å². The van der Waals surface area contributed by atoms with Crippen molar-refractivity contribution in [2.24, 2.45) is 5.92 Å². The number of hydrogen-bond acceptors (Lipinski definition) is 5. The molecule has 7 rings (SSSR count). The minimum atomic E-state index is -3.25. The minimum absolute atomic E-state index is 0. The summed E-state index contributed by atoms with van der Waals surface area (Å²) in [5.74, 6) is -3.38. The number of halogens is 3. The van der Waals surface area contributed by atoms with E-state index in [4.69, 9.17) is 0 Å². The third-order valence-electron chi connectivity index (χ3n) is 9.63. The van der Waals surface area contributed by atoms with E-state index in [9.17, 15) is 4.79 Å². The van der Waals surface area contributed by atoms with E-state index in [-0.39, 0.29) is 11.1 Å². The van der Waals surface area contributed by atoms with Gasteiger partial charge in [0.05, 0.1) is 11.6 Å². The summed E-state index contributed by atoms with van der Waals surface area (Å²) in [6.45, 7) is 4.45. The van der Waals surface area contributed by atoms with E-state index in [0.29, 0.717) is 54.9 Å². The molecule has 4 aliphatic rings. The van der Waals surface area contributed by atoms with E-state index in [1.165, 1.54) is 18.5 Å². The van der Waals surface area contributed by atoms with Crippen LogP contribution < -0.4 is 10.9 Å².